The van der Waals surface area contributed by atoms with Crippen molar-refractivity contribution in [2.24, 2.45) is 0 Å². The fourth-order valence-corrected chi connectivity index (χ4v) is 2.46. The zero-order chi connectivity index (χ0) is 9.97. The van der Waals surface area contributed by atoms with Gasteiger partial charge in [-0.05, 0) is 39.7 Å². The van der Waals surface area contributed by atoms with E-state index in [1.807, 2.05) is 11.3 Å². The second kappa shape index (κ2) is 4.41. The average molecular weight is 210 g/mol. The first kappa shape index (κ1) is 10.1. The minimum absolute atomic E-state index is 0.842. The second-order valence-electron chi connectivity index (χ2n) is 4.08. The summed E-state index contributed by atoms with van der Waals surface area (Å²) in [6.45, 7) is 5.40. The summed E-state index contributed by atoms with van der Waals surface area (Å²) in [4.78, 5) is 5.90. The third-order valence-electron chi connectivity index (χ3n) is 2.65. The van der Waals surface area contributed by atoms with Gasteiger partial charge in [-0.25, -0.2) is 4.98 Å². The molecule has 78 valence electrons. The molecule has 1 fully saturated rings. The van der Waals surface area contributed by atoms with Crippen molar-refractivity contribution in [3.63, 3.8) is 0 Å². The number of hydrogen-bond acceptors (Lipinski definition) is 3. The molecule has 1 aromatic heterocycles. The third-order valence-corrected chi connectivity index (χ3v) is 3.78. The normalized spacial score (nSPS) is 16.1. The molecular weight excluding hydrogens is 192 g/mol. The van der Waals surface area contributed by atoms with Crippen LogP contribution in [0.15, 0.2) is 0 Å². The van der Waals surface area contributed by atoms with E-state index in [1.54, 1.807) is 0 Å². The highest BCUT2D eigenvalue weighted by Gasteiger charge is 2.19. The van der Waals surface area contributed by atoms with Crippen LogP contribution in [0.4, 0.5) is 0 Å². The fraction of sp³-hybridized carbons (Fsp3) is 0.727. The summed E-state index contributed by atoms with van der Waals surface area (Å²) >= 11 is 1.85. The molecule has 0 atom stereocenters. The van der Waals surface area contributed by atoms with Gasteiger partial charge in [-0.2, -0.15) is 0 Å². The first-order valence-corrected chi connectivity index (χ1v) is 6.23. The van der Waals surface area contributed by atoms with Crippen molar-refractivity contribution in [2.45, 2.75) is 45.6 Å². The third kappa shape index (κ3) is 2.79. The maximum atomic E-state index is 4.53. The Bertz CT molecular complexity index is 283. The lowest BCUT2D eigenvalue weighted by Crippen LogP contribution is -2.17. The van der Waals surface area contributed by atoms with Gasteiger partial charge < -0.3 is 5.32 Å². The molecule has 14 heavy (non-hydrogen) atoms. The van der Waals surface area contributed by atoms with Crippen LogP contribution in [0.25, 0.3) is 0 Å². The van der Waals surface area contributed by atoms with Crippen LogP contribution >= 0.6 is 11.3 Å². The minimum Gasteiger partial charge on any atom is -0.314 e. The molecule has 1 N–H and O–H groups in total. The van der Waals surface area contributed by atoms with E-state index in [4.69, 9.17) is 0 Å². The van der Waals surface area contributed by atoms with Crippen LogP contribution in [-0.2, 0) is 6.42 Å². The molecule has 1 heterocycles. The number of aryl methyl sites for hydroxylation is 3. The van der Waals surface area contributed by atoms with Crippen LogP contribution in [0.2, 0.25) is 0 Å². The molecule has 2 nitrogen and oxygen atoms in total. The minimum atomic E-state index is 0.842. The van der Waals surface area contributed by atoms with Gasteiger partial charge in [-0.3, -0.25) is 0 Å². The number of nitrogens with one attached hydrogen (secondary N) is 1. The molecule has 0 spiro atoms. The van der Waals surface area contributed by atoms with E-state index in [1.165, 1.54) is 34.8 Å². The smallest absolute Gasteiger partial charge is 0.0931 e. The van der Waals surface area contributed by atoms with E-state index in [9.17, 15) is 0 Å². The van der Waals surface area contributed by atoms with Gasteiger partial charge in [0.15, 0.2) is 0 Å². The molecule has 0 bridgehead atoms. The predicted octanol–water partition coefficient (Wildman–Crippen LogP) is 2.44. The number of hydrogen-bond donors (Lipinski definition) is 1. The quantitative estimate of drug-likeness (QED) is 0.755. The van der Waals surface area contributed by atoms with E-state index in [0.717, 1.165) is 19.0 Å². The van der Waals surface area contributed by atoms with Crippen molar-refractivity contribution in [3.8, 4) is 0 Å². The molecule has 1 aliphatic rings. The summed E-state index contributed by atoms with van der Waals surface area (Å²) in [6.07, 6.45) is 5.13. The van der Waals surface area contributed by atoms with Crippen LogP contribution < -0.4 is 5.32 Å². The van der Waals surface area contributed by atoms with E-state index >= 15 is 0 Å². The highest BCUT2D eigenvalue weighted by atomic mass is 32.1. The molecule has 0 saturated heterocycles. The summed E-state index contributed by atoms with van der Waals surface area (Å²) in [5.74, 6) is 0. The van der Waals surface area contributed by atoms with Crippen LogP contribution in [-0.4, -0.2) is 17.6 Å². The zero-order valence-corrected chi connectivity index (χ0v) is 9.78. The Morgan fingerprint density at radius 1 is 1.43 bits per heavy atom. The highest BCUT2D eigenvalue weighted by Crippen LogP contribution is 2.19. The molecule has 0 amide bonds. The Kier molecular flexibility index (Phi) is 3.19. The average Bonchev–Trinajstić information content (AvgIpc) is 2.90. The maximum absolute atomic E-state index is 4.53. The van der Waals surface area contributed by atoms with Crippen LogP contribution in [0.5, 0.6) is 0 Å². The van der Waals surface area contributed by atoms with E-state index in [0.29, 0.717) is 0 Å². The van der Waals surface area contributed by atoms with Crippen molar-refractivity contribution in [1.29, 1.82) is 0 Å². The summed E-state index contributed by atoms with van der Waals surface area (Å²) in [5, 5.41) is 4.83. The predicted molar refractivity (Wildman–Crippen MR) is 60.9 cm³/mol. The first-order chi connectivity index (χ1) is 6.75. The highest BCUT2D eigenvalue weighted by molar-refractivity contribution is 7.11. The molecule has 1 aromatic rings. The summed E-state index contributed by atoms with van der Waals surface area (Å²) in [5.41, 5.74) is 1.21. The number of rotatable bonds is 5. The van der Waals surface area contributed by atoms with Crippen molar-refractivity contribution in [2.75, 3.05) is 6.54 Å². The largest absolute Gasteiger partial charge is 0.314 e. The second-order valence-corrected chi connectivity index (χ2v) is 5.37. The molecule has 0 unspecified atom stereocenters. The lowest BCUT2D eigenvalue weighted by atomic mass is 10.3. The van der Waals surface area contributed by atoms with Gasteiger partial charge in [0.25, 0.3) is 0 Å². The Labute approximate surface area is 89.8 Å². The van der Waals surface area contributed by atoms with E-state index in [2.05, 4.69) is 24.1 Å². The van der Waals surface area contributed by atoms with Crippen LogP contribution in [0.1, 0.15) is 34.8 Å². The topological polar surface area (TPSA) is 24.9 Å². The zero-order valence-electron chi connectivity index (χ0n) is 8.97. The van der Waals surface area contributed by atoms with E-state index in [-0.39, 0.29) is 0 Å². The van der Waals surface area contributed by atoms with Crippen molar-refractivity contribution >= 4 is 11.3 Å². The van der Waals surface area contributed by atoms with Crippen molar-refractivity contribution in [1.82, 2.24) is 10.3 Å². The lowest BCUT2D eigenvalue weighted by Gasteiger charge is -1.99. The van der Waals surface area contributed by atoms with Gasteiger partial charge in [0.1, 0.15) is 0 Å². The van der Waals surface area contributed by atoms with Crippen LogP contribution in [0.3, 0.4) is 0 Å². The molecule has 0 radical (unpaired) electrons. The molecule has 0 aliphatic heterocycles. The molecule has 3 heteroatoms. The van der Waals surface area contributed by atoms with Crippen LogP contribution in [0, 0.1) is 13.8 Å². The molecule has 0 aromatic carbocycles. The van der Waals surface area contributed by atoms with Gasteiger partial charge >= 0.3 is 0 Å². The van der Waals surface area contributed by atoms with Crippen molar-refractivity contribution in [3.05, 3.63) is 15.6 Å². The number of thiazole rings is 1. The summed E-state index contributed by atoms with van der Waals surface area (Å²) in [6, 6.07) is 0.842. The number of nitrogens with zero attached hydrogens (tertiary/aromatic N) is 1. The van der Waals surface area contributed by atoms with Gasteiger partial charge in [-0.15, -0.1) is 11.3 Å². The molecule has 1 saturated carbocycles. The standard InChI is InChI=1S/C11H18N2S/c1-8-9(2)14-11(13-8)4-3-7-12-10-5-6-10/h10,12H,3-7H2,1-2H3. The number of aromatic nitrogens is 1. The summed E-state index contributed by atoms with van der Waals surface area (Å²) < 4.78 is 0. The lowest BCUT2D eigenvalue weighted by molar-refractivity contribution is 0.644. The maximum Gasteiger partial charge on any atom is 0.0931 e. The first-order valence-electron chi connectivity index (χ1n) is 5.42. The molecule has 1 aliphatic carbocycles. The van der Waals surface area contributed by atoms with Gasteiger partial charge in [0, 0.05) is 17.3 Å². The van der Waals surface area contributed by atoms with Crippen molar-refractivity contribution < 1.29 is 0 Å². The molecular formula is C11H18N2S. The SMILES string of the molecule is Cc1nc(CCCNC2CC2)sc1C. The Balaban J connectivity index is 1.68. The van der Waals surface area contributed by atoms with Gasteiger partial charge in [0.2, 0.25) is 0 Å². The summed E-state index contributed by atoms with van der Waals surface area (Å²) in [7, 11) is 0. The van der Waals surface area contributed by atoms with Gasteiger partial charge in [0.05, 0.1) is 10.7 Å². The van der Waals surface area contributed by atoms with E-state index < -0.39 is 0 Å². The fourth-order valence-electron chi connectivity index (χ4n) is 1.48. The Morgan fingerprint density at radius 3 is 2.79 bits per heavy atom. The monoisotopic (exact) mass is 210 g/mol. The molecule has 2 rings (SSSR count). The Hall–Kier alpha value is -0.410. The van der Waals surface area contributed by atoms with Gasteiger partial charge in [-0.1, -0.05) is 0 Å². The Morgan fingerprint density at radius 2 is 2.21 bits per heavy atom.